The summed E-state index contributed by atoms with van der Waals surface area (Å²) < 4.78 is 5.49. The van der Waals surface area contributed by atoms with Crippen molar-refractivity contribution in [2.24, 2.45) is 5.92 Å². The van der Waals surface area contributed by atoms with E-state index in [1.807, 2.05) is 41.3 Å². The molecule has 1 heterocycles. The standard InChI is InChI=1S/C18H23NO2/c1-2-14-21-15-17-10-12-19(13-11-17)18(20)9-8-16-6-4-3-5-7-16/h2-9,17H,1,10-15H2/b9-8+. The minimum atomic E-state index is 0.101. The van der Waals surface area contributed by atoms with Crippen molar-refractivity contribution < 1.29 is 9.53 Å². The maximum atomic E-state index is 12.1. The first-order valence-electron chi connectivity index (χ1n) is 7.50. The lowest BCUT2D eigenvalue weighted by Gasteiger charge is -2.31. The molecule has 1 aromatic carbocycles. The second-order valence-electron chi connectivity index (χ2n) is 5.34. The van der Waals surface area contributed by atoms with E-state index < -0.39 is 0 Å². The molecule has 112 valence electrons. The number of carbonyl (C=O) groups excluding carboxylic acids is 1. The van der Waals surface area contributed by atoms with Gasteiger partial charge in [-0.05, 0) is 30.4 Å². The van der Waals surface area contributed by atoms with Crippen molar-refractivity contribution in [2.75, 3.05) is 26.3 Å². The topological polar surface area (TPSA) is 29.5 Å². The van der Waals surface area contributed by atoms with E-state index in [1.54, 1.807) is 12.2 Å². The van der Waals surface area contributed by atoms with E-state index in [-0.39, 0.29) is 5.91 Å². The molecule has 0 aromatic heterocycles. The molecule has 0 N–H and O–H groups in total. The molecule has 2 rings (SSSR count). The summed E-state index contributed by atoms with van der Waals surface area (Å²) in [5.41, 5.74) is 1.05. The fraction of sp³-hybridized carbons (Fsp3) is 0.389. The van der Waals surface area contributed by atoms with Crippen LogP contribution >= 0.6 is 0 Å². The normalized spacial score (nSPS) is 16.3. The first-order valence-corrected chi connectivity index (χ1v) is 7.50. The van der Waals surface area contributed by atoms with E-state index in [1.165, 1.54) is 0 Å². The molecule has 3 nitrogen and oxygen atoms in total. The highest BCUT2D eigenvalue weighted by Gasteiger charge is 2.21. The molecule has 1 amide bonds. The van der Waals surface area contributed by atoms with Gasteiger partial charge in [0.15, 0.2) is 0 Å². The van der Waals surface area contributed by atoms with Gasteiger partial charge in [-0.25, -0.2) is 0 Å². The molecule has 0 radical (unpaired) electrons. The number of ether oxygens (including phenoxy) is 1. The van der Waals surface area contributed by atoms with Crippen molar-refractivity contribution in [3.63, 3.8) is 0 Å². The summed E-state index contributed by atoms with van der Waals surface area (Å²) in [5.74, 6) is 0.663. The van der Waals surface area contributed by atoms with Crippen molar-refractivity contribution in [1.29, 1.82) is 0 Å². The maximum Gasteiger partial charge on any atom is 0.246 e. The van der Waals surface area contributed by atoms with Gasteiger partial charge in [-0.3, -0.25) is 4.79 Å². The van der Waals surface area contributed by atoms with Crippen LogP contribution < -0.4 is 0 Å². The molecule has 1 saturated heterocycles. The van der Waals surface area contributed by atoms with Crippen LogP contribution in [0.1, 0.15) is 18.4 Å². The Kier molecular flexibility index (Phi) is 6.22. The summed E-state index contributed by atoms with van der Waals surface area (Å²) in [6.45, 7) is 6.66. The van der Waals surface area contributed by atoms with Crippen molar-refractivity contribution in [3.05, 3.63) is 54.6 Å². The number of hydrogen-bond acceptors (Lipinski definition) is 2. The van der Waals surface area contributed by atoms with Gasteiger partial charge in [-0.1, -0.05) is 36.4 Å². The summed E-state index contributed by atoms with van der Waals surface area (Å²) in [5, 5.41) is 0. The molecule has 21 heavy (non-hydrogen) atoms. The number of benzene rings is 1. The summed E-state index contributed by atoms with van der Waals surface area (Å²) in [4.78, 5) is 14.1. The second kappa shape index (κ2) is 8.42. The lowest BCUT2D eigenvalue weighted by molar-refractivity contribution is -0.127. The Balaban J connectivity index is 1.75. The first-order chi connectivity index (χ1) is 10.3. The van der Waals surface area contributed by atoms with Gasteiger partial charge in [-0.15, -0.1) is 6.58 Å². The Bertz CT molecular complexity index is 473. The summed E-state index contributed by atoms with van der Waals surface area (Å²) in [6.07, 6.45) is 7.35. The van der Waals surface area contributed by atoms with Gasteiger partial charge < -0.3 is 9.64 Å². The lowest BCUT2D eigenvalue weighted by atomic mass is 9.98. The van der Waals surface area contributed by atoms with Gasteiger partial charge in [0.25, 0.3) is 0 Å². The molecule has 1 aromatic rings. The Hall–Kier alpha value is -1.87. The van der Waals surface area contributed by atoms with Crippen LogP contribution in [-0.4, -0.2) is 37.1 Å². The van der Waals surface area contributed by atoms with Gasteiger partial charge in [0.05, 0.1) is 6.61 Å². The zero-order chi connectivity index (χ0) is 14.9. The van der Waals surface area contributed by atoms with Gasteiger partial charge in [-0.2, -0.15) is 0 Å². The first kappa shape index (κ1) is 15.5. The highest BCUT2D eigenvalue weighted by molar-refractivity contribution is 5.91. The predicted molar refractivity (Wildman–Crippen MR) is 85.8 cm³/mol. The quantitative estimate of drug-likeness (QED) is 0.456. The maximum absolute atomic E-state index is 12.1. The number of piperidine rings is 1. The van der Waals surface area contributed by atoms with E-state index in [4.69, 9.17) is 4.74 Å². The molecule has 1 fully saturated rings. The number of amides is 1. The fourth-order valence-electron chi connectivity index (χ4n) is 2.48. The zero-order valence-corrected chi connectivity index (χ0v) is 12.4. The van der Waals surface area contributed by atoms with Crippen molar-refractivity contribution in [1.82, 2.24) is 4.90 Å². The van der Waals surface area contributed by atoms with Crippen molar-refractivity contribution in [2.45, 2.75) is 12.8 Å². The van der Waals surface area contributed by atoms with Gasteiger partial charge in [0, 0.05) is 25.8 Å². The Morgan fingerprint density at radius 3 is 2.67 bits per heavy atom. The Labute approximate surface area is 126 Å². The molecule has 0 atom stereocenters. The van der Waals surface area contributed by atoms with Crippen molar-refractivity contribution in [3.8, 4) is 0 Å². The van der Waals surface area contributed by atoms with Crippen LogP contribution in [0.3, 0.4) is 0 Å². The number of carbonyl (C=O) groups is 1. The molecule has 0 aliphatic carbocycles. The Morgan fingerprint density at radius 1 is 1.29 bits per heavy atom. The molecular weight excluding hydrogens is 262 g/mol. The van der Waals surface area contributed by atoms with Gasteiger partial charge in [0.1, 0.15) is 0 Å². The summed E-state index contributed by atoms with van der Waals surface area (Å²) in [7, 11) is 0. The average molecular weight is 285 g/mol. The lowest BCUT2D eigenvalue weighted by Crippen LogP contribution is -2.38. The van der Waals surface area contributed by atoms with E-state index in [2.05, 4.69) is 6.58 Å². The molecule has 1 aliphatic rings. The zero-order valence-electron chi connectivity index (χ0n) is 12.4. The van der Waals surface area contributed by atoms with Crippen LogP contribution in [-0.2, 0) is 9.53 Å². The smallest absolute Gasteiger partial charge is 0.246 e. The molecule has 3 heteroatoms. The third kappa shape index (κ3) is 5.20. The highest BCUT2D eigenvalue weighted by Crippen LogP contribution is 2.18. The van der Waals surface area contributed by atoms with E-state index in [0.717, 1.165) is 38.1 Å². The number of likely N-dealkylation sites (tertiary alicyclic amines) is 1. The molecule has 0 unspecified atom stereocenters. The minimum absolute atomic E-state index is 0.101. The van der Waals surface area contributed by atoms with Gasteiger partial charge >= 0.3 is 0 Å². The largest absolute Gasteiger partial charge is 0.377 e. The van der Waals surface area contributed by atoms with Crippen LogP contribution in [0.4, 0.5) is 0 Å². The van der Waals surface area contributed by atoms with Crippen LogP contribution in [0.2, 0.25) is 0 Å². The van der Waals surface area contributed by atoms with Crippen LogP contribution in [0, 0.1) is 5.92 Å². The molecular formula is C18H23NO2. The monoisotopic (exact) mass is 285 g/mol. The number of hydrogen-bond donors (Lipinski definition) is 0. The van der Waals surface area contributed by atoms with Crippen LogP contribution in [0.5, 0.6) is 0 Å². The SMILES string of the molecule is C=CCOCC1CCN(C(=O)/C=C/c2ccccc2)CC1. The van der Waals surface area contributed by atoms with Crippen molar-refractivity contribution >= 4 is 12.0 Å². The molecule has 0 bridgehead atoms. The van der Waals surface area contributed by atoms with Crippen LogP contribution in [0.15, 0.2) is 49.1 Å². The van der Waals surface area contributed by atoms with E-state index in [0.29, 0.717) is 12.5 Å². The molecule has 1 aliphatic heterocycles. The third-order valence-electron chi connectivity index (χ3n) is 3.73. The average Bonchev–Trinajstić information content (AvgIpc) is 2.54. The second-order valence-corrected chi connectivity index (χ2v) is 5.34. The third-order valence-corrected chi connectivity index (χ3v) is 3.73. The Morgan fingerprint density at radius 2 is 2.00 bits per heavy atom. The fourth-order valence-corrected chi connectivity index (χ4v) is 2.48. The number of rotatable bonds is 6. The van der Waals surface area contributed by atoms with E-state index >= 15 is 0 Å². The highest BCUT2D eigenvalue weighted by atomic mass is 16.5. The number of nitrogens with zero attached hydrogens (tertiary/aromatic N) is 1. The van der Waals surface area contributed by atoms with Gasteiger partial charge in [0.2, 0.25) is 5.91 Å². The van der Waals surface area contributed by atoms with E-state index in [9.17, 15) is 4.79 Å². The predicted octanol–water partition coefficient (Wildman–Crippen LogP) is 3.14. The molecule has 0 spiro atoms. The van der Waals surface area contributed by atoms with Crippen LogP contribution in [0.25, 0.3) is 6.08 Å². The summed E-state index contributed by atoms with van der Waals surface area (Å²) in [6, 6.07) is 9.90. The molecule has 0 saturated carbocycles. The minimum Gasteiger partial charge on any atom is -0.377 e. The summed E-state index contributed by atoms with van der Waals surface area (Å²) >= 11 is 0.